The Morgan fingerprint density at radius 3 is 2.71 bits per heavy atom. The lowest BCUT2D eigenvalue weighted by molar-refractivity contribution is 0.672. The quantitative estimate of drug-likeness (QED) is 0.823. The van der Waals surface area contributed by atoms with Crippen LogP contribution >= 0.6 is 43.2 Å². The third-order valence-electron chi connectivity index (χ3n) is 3.14. The van der Waals surface area contributed by atoms with Crippen LogP contribution in [0.15, 0.2) is 13.6 Å². The number of nitrogens with zero attached hydrogens (tertiary/aromatic N) is 2. The second-order valence-corrected chi connectivity index (χ2v) is 8.01. The molecule has 0 atom stereocenters. The van der Waals surface area contributed by atoms with Gasteiger partial charge in [-0.2, -0.15) is 5.10 Å². The van der Waals surface area contributed by atoms with Gasteiger partial charge < -0.3 is 0 Å². The highest BCUT2D eigenvalue weighted by Crippen LogP contribution is 2.38. The Bertz CT molecular complexity index is 529. The molecule has 0 aromatic carbocycles. The van der Waals surface area contributed by atoms with Crippen LogP contribution in [0.25, 0.3) is 11.4 Å². The molecule has 1 aliphatic carbocycles. The van der Waals surface area contributed by atoms with Crippen molar-refractivity contribution in [2.24, 2.45) is 0 Å². The van der Waals surface area contributed by atoms with Crippen LogP contribution in [0.2, 0.25) is 0 Å². The van der Waals surface area contributed by atoms with Gasteiger partial charge in [0.2, 0.25) is 0 Å². The number of aromatic nitrogens is 3. The van der Waals surface area contributed by atoms with E-state index in [1.165, 1.54) is 25.7 Å². The summed E-state index contributed by atoms with van der Waals surface area (Å²) in [5.41, 5.74) is 1.06. The van der Waals surface area contributed by atoms with Gasteiger partial charge in [0.15, 0.2) is 5.82 Å². The molecule has 1 saturated carbocycles. The van der Waals surface area contributed by atoms with Crippen LogP contribution in [0.4, 0.5) is 0 Å². The monoisotopic (exact) mass is 375 g/mol. The number of thiophene rings is 1. The number of halogens is 2. The van der Waals surface area contributed by atoms with Gasteiger partial charge in [-0.05, 0) is 50.8 Å². The van der Waals surface area contributed by atoms with E-state index in [1.807, 2.05) is 0 Å². The first-order valence-electron chi connectivity index (χ1n) is 5.61. The fraction of sp³-hybridized carbons (Fsp3) is 0.455. The zero-order valence-electron chi connectivity index (χ0n) is 9.04. The molecule has 3 nitrogen and oxygen atoms in total. The molecule has 0 unspecified atom stereocenters. The number of hydrogen-bond acceptors (Lipinski definition) is 3. The summed E-state index contributed by atoms with van der Waals surface area (Å²) in [7, 11) is 0. The van der Waals surface area contributed by atoms with Crippen molar-refractivity contribution in [1.29, 1.82) is 0 Å². The molecule has 1 aliphatic rings. The van der Waals surface area contributed by atoms with Crippen LogP contribution in [0.3, 0.4) is 0 Å². The molecule has 2 heterocycles. The van der Waals surface area contributed by atoms with E-state index in [9.17, 15) is 0 Å². The largest absolute Gasteiger partial charge is 0.262 e. The highest BCUT2D eigenvalue weighted by Gasteiger charge is 2.21. The Morgan fingerprint density at radius 1 is 1.29 bits per heavy atom. The average molecular weight is 377 g/mol. The van der Waals surface area contributed by atoms with E-state index in [0.29, 0.717) is 5.92 Å². The standard InChI is InChI=1S/C11H11Br2N3S/c12-8-5-7(9(13)17-8)11-14-10(15-16-11)6-3-1-2-4-6/h5-6H,1-4H2,(H,14,15,16). The Labute approximate surface area is 120 Å². The summed E-state index contributed by atoms with van der Waals surface area (Å²) in [5, 5.41) is 7.41. The second kappa shape index (κ2) is 4.82. The summed E-state index contributed by atoms with van der Waals surface area (Å²) >= 11 is 8.66. The minimum absolute atomic E-state index is 0.581. The minimum atomic E-state index is 0.581. The summed E-state index contributed by atoms with van der Waals surface area (Å²) < 4.78 is 2.16. The molecule has 0 aliphatic heterocycles. The van der Waals surface area contributed by atoms with Gasteiger partial charge >= 0.3 is 0 Å². The number of rotatable bonds is 2. The second-order valence-electron chi connectivity index (χ2n) is 4.26. The molecular weight excluding hydrogens is 366 g/mol. The molecule has 17 heavy (non-hydrogen) atoms. The molecule has 0 saturated heterocycles. The number of hydrogen-bond donors (Lipinski definition) is 1. The van der Waals surface area contributed by atoms with E-state index in [4.69, 9.17) is 0 Å². The summed E-state index contributed by atoms with van der Waals surface area (Å²) in [6.07, 6.45) is 5.11. The van der Waals surface area contributed by atoms with Gasteiger partial charge in [-0.1, -0.05) is 12.8 Å². The van der Waals surface area contributed by atoms with E-state index >= 15 is 0 Å². The summed E-state index contributed by atoms with van der Waals surface area (Å²) in [5.74, 6) is 2.42. The Balaban J connectivity index is 1.91. The van der Waals surface area contributed by atoms with Crippen LogP contribution in [0.5, 0.6) is 0 Å². The summed E-state index contributed by atoms with van der Waals surface area (Å²) in [6.45, 7) is 0. The molecule has 6 heteroatoms. The van der Waals surface area contributed by atoms with Crippen molar-refractivity contribution in [1.82, 2.24) is 15.2 Å². The maximum atomic E-state index is 4.63. The van der Waals surface area contributed by atoms with Gasteiger partial charge in [-0.3, -0.25) is 5.10 Å². The molecule has 1 fully saturated rings. The fourth-order valence-corrected chi connectivity index (χ4v) is 5.06. The van der Waals surface area contributed by atoms with E-state index in [1.54, 1.807) is 11.3 Å². The first-order chi connectivity index (χ1) is 8.24. The van der Waals surface area contributed by atoms with Crippen molar-refractivity contribution in [2.45, 2.75) is 31.6 Å². The van der Waals surface area contributed by atoms with Crippen molar-refractivity contribution in [3.05, 3.63) is 19.5 Å². The van der Waals surface area contributed by atoms with E-state index in [0.717, 1.165) is 24.8 Å². The maximum Gasteiger partial charge on any atom is 0.183 e. The molecule has 2 aromatic rings. The Kier molecular flexibility index (Phi) is 3.36. The van der Waals surface area contributed by atoms with Crippen LogP contribution in [0.1, 0.15) is 37.4 Å². The third kappa shape index (κ3) is 2.35. The molecule has 0 spiro atoms. The van der Waals surface area contributed by atoms with Crippen molar-refractivity contribution in [2.75, 3.05) is 0 Å². The van der Waals surface area contributed by atoms with Gasteiger partial charge in [-0.15, -0.1) is 11.3 Å². The molecule has 0 radical (unpaired) electrons. The van der Waals surface area contributed by atoms with Crippen LogP contribution in [-0.4, -0.2) is 15.2 Å². The molecule has 1 N–H and O–H groups in total. The van der Waals surface area contributed by atoms with E-state index < -0.39 is 0 Å². The SMILES string of the molecule is Brc1cc(-c2n[nH]c(C3CCCC3)n2)c(Br)s1. The van der Waals surface area contributed by atoms with Crippen molar-refractivity contribution < 1.29 is 0 Å². The van der Waals surface area contributed by atoms with Crippen molar-refractivity contribution in [3.8, 4) is 11.4 Å². The number of H-pyrrole nitrogens is 1. The van der Waals surface area contributed by atoms with Crippen molar-refractivity contribution >= 4 is 43.2 Å². The van der Waals surface area contributed by atoms with Gasteiger partial charge in [0, 0.05) is 11.5 Å². The molecule has 0 amide bonds. The van der Waals surface area contributed by atoms with Crippen molar-refractivity contribution in [3.63, 3.8) is 0 Å². The maximum absolute atomic E-state index is 4.63. The molecular formula is C11H11Br2N3S. The van der Waals surface area contributed by atoms with Gasteiger partial charge in [-0.25, -0.2) is 4.98 Å². The average Bonchev–Trinajstić information content (AvgIpc) is 2.97. The topological polar surface area (TPSA) is 41.6 Å². The van der Waals surface area contributed by atoms with E-state index in [2.05, 4.69) is 53.1 Å². The predicted octanol–water partition coefficient (Wildman–Crippen LogP) is 4.72. The zero-order valence-corrected chi connectivity index (χ0v) is 13.0. The lowest BCUT2D eigenvalue weighted by Crippen LogP contribution is -1.94. The summed E-state index contributed by atoms with van der Waals surface area (Å²) in [6, 6.07) is 2.05. The first kappa shape index (κ1) is 11.9. The van der Waals surface area contributed by atoms with E-state index in [-0.39, 0.29) is 0 Å². The summed E-state index contributed by atoms with van der Waals surface area (Å²) in [4.78, 5) is 4.63. The Morgan fingerprint density at radius 2 is 2.06 bits per heavy atom. The van der Waals surface area contributed by atoms with Gasteiger partial charge in [0.1, 0.15) is 5.82 Å². The predicted molar refractivity (Wildman–Crippen MR) is 76.3 cm³/mol. The third-order valence-corrected chi connectivity index (χ3v) is 5.48. The smallest absolute Gasteiger partial charge is 0.183 e. The van der Waals surface area contributed by atoms with Crippen LogP contribution in [-0.2, 0) is 0 Å². The minimum Gasteiger partial charge on any atom is -0.262 e. The van der Waals surface area contributed by atoms with Crippen LogP contribution in [0, 0.1) is 0 Å². The lowest BCUT2D eigenvalue weighted by atomic mass is 10.1. The molecule has 90 valence electrons. The molecule has 2 aromatic heterocycles. The van der Waals surface area contributed by atoms with Crippen LogP contribution < -0.4 is 0 Å². The lowest BCUT2D eigenvalue weighted by Gasteiger charge is -2.01. The number of aromatic amines is 1. The fourth-order valence-electron chi connectivity index (χ4n) is 2.27. The zero-order chi connectivity index (χ0) is 11.8. The molecule has 0 bridgehead atoms. The van der Waals surface area contributed by atoms with Gasteiger partial charge in [0.05, 0.1) is 7.57 Å². The Hall–Kier alpha value is -0.200. The van der Waals surface area contributed by atoms with Gasteiger partial charge in [0.25, 0.3) is 0 Å². The normalized spacial score (nSPS) is 16.8. The first-order valence-corrected chi connectivity index (χ1v) is 8.02. The number of nitrogens with one attached hydrogen (secondary N) is 1. The molecule has 3 rings (SSSR count). The highest BCUT2D eigenvalue weighted by molar-refractivity contribution is 9.12. The highest BCUT2D eigenvalue weighted by atomic mass is 79.9.